The number of carbonyl (C=O) groups excluding carboxylic acids is 1. The van der Waals surface area contributed by atoms with Crippen LogP contribution in [0.4, 0.5) is 0 Å². The van der Waals surface area contributed by atoms with Gasteiger partial charge in [0.15, 0.2) is 5.78 Å². The van der Waals surface area contributed by atoms with Crippen molar-refractivity contribution in [1.82, 2.24) is 14.8 Å². The van der Waals surface area contributed by atoms with Gasteiger partial charge in [-0.1, -0.05) is 12.8 Å². The van der Waals surface area contributed by atoms with Crippen molar-refractivity contribution in [3.05, 3.63) is 23.0 Å². The third-order valence-electron chi connectivity index (χ3n) is 6.48. The minimum Gasteiger partial charge on any atom is -0.345 e. The van der Waals surface area contributed by atoms with Gasteiger partial charge in [0.2, 0.25) is 0 Å². The summed E-state index contributed by atoms with van der Waals surface area (Å²) in [6, 6.07) is 4.18. The van der Waals surface area contributed by atoms with Gasteiger partial charge in [0.1, 0.15) is 0 Å². The predicted molar refractivity (Wildman–Crippen MR) is 101 cm³/mol. The normalized spacial score (nSPS) is 23.4. The van der Waals surface area contributed by atoms with Crippen LogP contribution in [-0.4, -0.2) is 47.0 Å². The molecule has 0 bridgehead atoms. The van der Waals surface area contributed by atoms with Crippen LogP contribution >= 0.6 is 0 Å². The summed E-state index contributed by atoms with van der Waals surface area (Å²) in [6.45, 7) is 6.96. The van der Waals surface area contributed by atoms with Crippen molar-refractivity contribution >= 4 is 5.78 Å². The number of likely N-dealkylation sites (tertiary alicyclic amines) is 1. The molecule has 0 unspecified atom stereocenters. The lowest BCUT2D eigenvalue weighted by Gasteiger charge is -2.33. The number of rotatable bonds is 6. The molecule has 1 aromatic heterocycles. The van der Waals surface area contributed by atoms with Gasteiger partial charge in [0.25, 0.3) is 0 Å². The molecule has 2 aliphatic carbocycles. The van der Waals surface area contributed by atoms with Crippen LogP contribution in [0.5, 0.6) is 0 Å². The zero-order chi connectivity index (χ0) is 17.4. The van der Waals surface area contributed by atoms with Crippen LogP contribution in [0.1, 0.15) is 79.2 Å². The molecule has 0 aromatic carbocycles. The Hall–Kier alpha value is -1.13. The molecule has 1 aromatic rings. The number of Topliss-reactive ketones (excluding diaryl/α,β-unsaturated/α-hetero) is 1. The molecule has 25 heavy (non-hydrogen) atoms. The van der Waals surface area contributed by atoms with Gasteiger partial charge in [-0.2, -0.15) is 0 Å². The van der Waals surface area contributed by atoms with Gasteiger partial charge in [0.05, 0.1) is 6.54 Å². The molecule has 1 aliphatic heterocycles. The monoisotopic (exact) mass is 343 g/mol. The maximum absolute atomic E-state index is 12.8. The van der Waals surface area contributed by atoms with Gasteiger partial charge < -0.3 is 9.88 Å². The van der Waals surface area contributed by atoms with Crippen molar-refractivity contribution in [2.45, 2.75) is 83.3 Å². The Bertz CT molecular complexity index is 617. The highest BCUT2D eigenvalue weighted by atomic mass is 16.1. The van der Waals surface area contributed by atoms with E-state index in [2.05, 4.69) is 34.7 Å². The summed E-state index contributed by atoms with van der Waals surface area (Å²) in [5, 5.41) is 3.85. The van der Waals surface area contributed by atoms with Crippen LogP contribution in [0, 0.1) is 13.8 Å². The molecule has 3 fully saturated rings. The molecule has 4 rings (SSSR count). The second-order valence-corrected chi connectivity index (χ2v) is 8.51. The number of hydrogen-bond acceptors (Lipinski definition) is 3. The summed E-state index contributed by atoms with van der Waals surface area (Å²) in [6.07, 6.45) is 10.4. The number of aryl methyl sites for hydroxylation is 1. The van der Waals surface area contributed by atoms with Gasteiger partial charge in [-0.25, -0.2) is 0 Å². The number of carbonyl (C=O) groups is 1. The summed E-state index contributed by atoms with van der Waals surface area (Å²) in [5.41, 5.74) is 3.39. The molecule has 1 saturated heterocycles. The Morgan fingerprint density at radius 3 is 2.32 bits per heavy atom. The summed E-state index contributed by atoms with van der Waals surface area (Å²) < 4.78 is 2.38. The zero-order valence-corrected chi connectivity index (χ0v) is 15.9. The van der Waals surface area contributed by atoms with Crippen LogP contribution in [0.25, 0.3) is 0 Å². The maximum Gasteiger partial charge on any atom is 0.178 e. The van der Waals surface area contributed by atoms with E-state index in [9.17, 15) is 4.79 Å². The first-order chi connectivity index (χ1) is 12.1. The maximum atomic E-state index is 12.8. The number of piperidine rings is 1. The average Bonchev–Trinajstić information content (AvgIpc) is 3.20. The summed E-state index contributed by atoms with van der Waals surface area (Å²) in [7, 11) is 0. The van der Waals surface area contributed by atoms with E-state index < -0.39 is 0 Å². The molecule has 0 amide bonds. The highest BCUT2D eigenvalue weighted by Gasteiger charge is 2.29. The molecule has 3 aliphatic rings. The van der Waals surface area contributed by atoms with E-state index in [1.54, 1.807) is 0 Å². The van der Waals surface area contributed by atoms with Gasteiger partial charge >= 0.3 is 0 Å². The molecule has 4 heteroatoms. The molecule has 0 atom stereocenters. The smallest absolute Gasteiger partial charge is 0.178 e. The molecule has 138 valence electrons. The van der Waals surface area contributed by atoms with Crippen molar-refractivity contribution in [3.8, 4) is 0 Å². The SMILES string of the molecule is Cc1cc(C(=O)CN2CCC(NC3CCCC3)CC2)c(C)n1C1CC1. The molecule has 0 spiro atoms. The third kappa shape index (κ3) is 3.85. The fourth-order valence-corrected chi connectivity index (χ4v) is 4.93. The molecule has 2 saturated carbocycles. The van der Waals surface area contributed by atoms with Gasteiger partial charge in [-0.15, -0.1) is 0 Å². The minimum absolute atomic E-state index is 0.308. The summed E-state index contributed by atoms with van der Waals surface area (Å²) >= 11 is 0. The second-order valence-electron chi connectivity index (χ2n) is 8.51. The lowest BCUT2D eigenvalue weighted by Crippen LogP contribution is -2.46. The van der Waals surface area contributed by atoms with E-state index in [1.807, 2.05) is 0 Å². The lowest BCUT2D eigenvalue weighted by molar-refractivity contribution is 0.0901. The highest BCUT2D eigenvalue weighted by Crippen LogP contribution is 2.38. The molecular weight excluding hydrogens is 310 g/mol. The Morgan fingerprint density at radius 1 is 1.04 bits per heavy atom. The Balaban J connectivity index is 1.29. The first kappa shape index (κ1) is 17.3. The minimum atomic E-state index is 0.308. The van der Waals surface area contributed by atoms with Crippen LogP contribution in [0.2, 0.25) is 0 Å². The van der Waals surface area contributed by atoms with Crippen molar-refractivity contribution < 1.29 is 4.79 Å². The van der Waals surface area contributed by atoms with Crippen LogP contribution < -0.4 is 5.32 Å². The fraction of sp³-hybridized carbons (Fsp3) is 0.762. The van der Waals surface area contributed by atoms with E-state index in [4.69, 9.17) is 0 Å². The van der Waals surface area contributed by atoms with E-state index in [-0.39, 0.29) is 0 Å². The standard InChI is InChI=1S/C21H33N3O/c1-15-13-20(16(2)24(15)19-7-8-19)21(25)14-23-11-9-18(10-12-23)22-17-5-3-4-6-17/h13,17-19,22H,3-12,14H2,1-2H3. The van der Waals surface area contributed by atoms with Crippen molar-refractivity contribution in [2.24, 2.45) is 0 Å². The molecular formula is C21H33N3O. The number of ketones is 1. The number of hydrogen-bond donors (Lipinski definition) is 1. The number of nitrogens with zero attached hydrogens (tertiary/aromatic N) is 2. The van der Waals surface area contributed by atoms with Crippen LogP contribution in [0.3, 0.4) is 0 Å². The highest BCUT2D eigenvalue weighted by molar-refractivity contribution is 5.99. The third-order valence-corrected chi connectivity index (χ3v) is 6.48. The largest absolute Gasteiger partial charge is 0.345 e. The number of nitrogens with one attached hydrogen (secondary N) is 1. The van der Waals surface area contributed by atoms with Gasteiger partial charge in [-0.05, 0) is 58.4 Å². The van der Waals surface area contributed by atoms with Crippen LogP contribution in [0.15, 0.2) is 6.07 Å². The lowest BCUT2D eigenvalue weighted by atomic mass is 10.0. The molecule has 4 nitrogen and oxygen atoms in total. The average molecular weight is 344 g/mol. The van der Waals surface area contributed by atoms with Crippen molar-refractivity contribution in [2.75, 3.05) is 19.6 Å². The quantitative estimate of drug-likeness (QED) is 0.802. The zero-order valence-electron chi connectivity index (χ0n) is 15.9. The Labute approximate surface area is 152 Å². The number of aromatic nitrogens is 1. The van der Waals surface area contributed by atoms with Crippen LogP contribution in [-0.2, 0) is 0 Å². The molecule has 0 radical (unpaired) electrons. The molecule has 1 N–H and O–H groups in total. The van der Waals surface area contributed by atoms with E-state index in [0.29, 0.717) is 24.4 Å². The van der Waals surface area contributed by atoms with E-state index in [0.717, 1.165) is 24.7 Å². The predicted octanol–water partition coefficient (Wildman–Crippen LogP) is 3.62. The fourth-order valence-electron chi connectivity index (χ4n) is 4.93. The van der Waals surface area contributed by atoms with Crippen molar-refractivity contribution in [3.63, 3.8) is 0 Å². The van der Waals surface area contributed by atoms with Gasteiger partial charge in [0, 0.05) is 48.2 Å². The Morgan fingerprint density at radius 2 is 1.68 bits per heavy atom. The summed E-state index contributed by atoms with van der Waals surface area (Å²) in [4.78, 5) is 15.2. The molecule has 2 heterocycles. The van der Waals surface area contributed by atoms with E-state index in [1.165, 1.54) is 62.8 Å². The first-order valence-electron chi connectivity index (χ1n) is 10.3. The topological polar surface area (TPSA) is 37.3 Å². The van der Waals surface area contributed by atoms with Crippen molar-refractivity contribution in [1.29, 1.82) is 0 Å². The Kier molecular flexibility index (Phi) is 5.01. The van der Waals surface area contributed by atoms with Gasteiger partial charge in [-0.3, -0.25) is 9.69 Å². The second kappa shape index (κ2) is 7.24. The summed E-state index contributed by atoms with van der Waals surface area (Å²) in [5.74, 6) is 0.308. The van der Waals surface area contributed by atoms with E-state index >= 15 is 0 Å². The first-order valence-corrected chi connectivity index (χ1v) is 10.3.